The van der Waals surface area contributed by atoms with E-state index in [9.17, 15) is 4.79 Å². The number of amides is 1. The molecule has 0 bridgehead atoms. The van der Waals surface area contributed by atoms with Gasteiger partial charge in [-0.15, -0.1) is 11.3 Å². The molecule has 0 saturated carbocycles. The Labute approximate surface area is 148 Å². The van der Waals surface area contributed by atoms with Gasteiger partial charge in [0.25, 0.3) is 5.91 Å². The lowest BCUT2D eigenvalue weighted by Crippen LogP contribution is -2.48. The van der Waals surface area contributed by atoms with Crippen molar-refractivity contribution in [2.45, 2.75) is 34.1 Å². The van der Waals surface area contributed by atoms with Crippen LogP contribution in [0.15, 0.2) is 10.5 Å². The predicted molar refractivity (Wildman–Crippen MR) is 99.7 cm³/mol. The number of guanidine groups is 1. The molecule has 0 radical (unpaired) electrons. The molecule has 1 aliphatic rings. The van der Waals surface area contributed by atoms with Gasteiger partial charge in [0.1, 0.15) is 4.88 Å². The topological polar surface area (TPSA) is 69.6 Å². The highest BCUT2D eigenvalue weighted by Gasteiger charge is 2.23. The van der Waals surface area contributed by atoms with Crippen molar-refractivity contribution in [2.24, 2.45) is 16.8 Å². The number of aliphatic imine (C=N–C) groups is 1. The summed E-state index contributed by atoms with van der Waals surface area (Å²) in [5, 5.41) is 6.30. The average Bonchev–Trinajstić information content (AvgIpc) is 2.95. The smallest absolute Gasteiger partial charge is 0.263 e. The van der Waals surface area contributed by atoms with E-state index in [1.165, 1.54) is 17.8 Å². The number of likely N-dealkylation sites (tertiary alicyclic amines) is 1. The molecule has 2 unspecified atom stereocenters. The molecule has 1 fully saturated rings. The molecule has 0 aromatic carbocycles. The molecule has 6 nitrogen and oxygen atoms in total. The highest BCUT2D eigenvalue weighted by atomic mass is 32.1. The van der Waals surface area contributed by atoms with Crippen molar-refractivity contribution in [1.82, 2.24) is 20.5 Å². The van der Waals surface area contributed by atoms with Crippen molar-refractivity contribution >= 4 is 23.2 Å². The first kappa shape index (κ1) is 18.7. The van der Waals surface area contributed by atoms with Crippen molar-refractivity contribution < 1.29 is 4.79 Å². The minimum Gasteiger partial charge on any atom is -0.357 e. The number of carbonyl (C=O) groups excluding carboxylic acids is 1. The van der Waals surface area contributed by atoms with Crippen molar-refractivity contribution in [3.63, 3.8) is 0 Å². The molecule has 1 aliphatic heterocycles. The molecule has 7 heteroatoms. The van der Waals surface area contributed by atoms with Gasteiger partial charge < -0.3 is 15.5 Å². The lowest BCUT2D eigenvalue weighted by atomic mass is 9.92. The third-order valence-corrected chi connectivity index (χ3v) is 5.04. The Balaban J connectivity index is 1.87. The van der Waals surface area contributed by atoms with Crippen LogP contribution in [0.1, 0.15) is 42.6 Å². The first-order valence-corrected chi connectivity index (χ1v) is 9.60. The van der Waals surface area contributed by atoms with E-state index in [1.807, 2.05) is 6.92 Å². The van der Waals surface area contributed by atoms with Crippen LogP contribution in [-0.2, 0) is 0 Å². The number of hydrogen-bond donors (Lipinski definition) is 2. The largest absolute Gasteiger partial charge is 0.357 e. The number of thiazole rings is 1. The van der Waals surface area contributed by atoms with E-state index in [0.29, 0.717) is 29.8 Å². The van der Waals surface area contributed by atoms with E-state index >= 15 is 0 Å². The Morgan fingerprint density at radius 2 is 2.08 bits per heavy atom. The molecule has 1 amide bonds. The van der Waals surface area contributed by atoms with Gasteiger partial charge in [-0.2, -0.15) is 0 Å². The zero-order valence-corrected chi connectivity index (χ0v) is 15.9. The molecular weight excluding hydrogens is 322 g/mol. The number of piperidine rings is 1. The summed E-state index contributed by atoms with van der Waals surface area (Å²) in [7, 11) is 0. The summed E-state index contributed by atoms with van der Waals surface area (Å²) in [5.74, 6) is 2.27. The minimum absolute atomic E-state index is 0.0598. The second kappa shape index (κ2) is 9.01. The van der Waals surface area contributed by atoms with Gasteiger partial charge >= 0.3 is 0 Å². The van der Waals surface area contributed by atoms with E-state index in [2.05, 4.69) is 46.3 Å². The second-order valence-corrected chi connectivity index (χ2v) is 7.46. The Kier molecular flexibility index (Phi) is 7.02. The number of aryl methyl sites for hydroxylation is 1. The number of carbonyl (C=O) groups is 1. The monoisotopic (exact) mass is 351 g/mol. The van der Waals surface area contributed by atoms with Crippen LogP contribution in [0.3, 0.4) is 0 Å². The van der Waals surface area contributed by atoms with Crippen LogP contribution < -0.4 is 10.6 Å². The van der Waals surface area contributed by atoms with Crippen molar-refractivity contribution in [3.8, 4) is 0 Å². The quantitative estimate of drug-likeness (QED) is 0.484. The molecule has 1 saturated heterocycles. The van der Waals surface area contributed by atoms with Gasteiger partial charge in [0.2, 0.25) is 0 Å². The lowest BCUT2D eigenvalue weighted by molar-refractivity contribution is 0.0958. The maximum Gasteiger partial charge on any atom is 0.263 e. The van der Waals surface area contributed by atoms with Crippen LogP contribution >= 0.6 is 11.3 Å². The molecular formula is C17H29N5OS. The van der Waals surface area contributed by atoms with Crippen molar-refractivity contribution in [3.05, 3.63) is 16.1 Å². The van der Waals surface area contributed by atoms with Crippen molar-refractivity contribution in [1.29, 1.82) is 0 Å². The van der Waals surface area contributed by atoms with Crippen LogP contribution in [0.4, 0.5) is 0 Å². The Morgan fingerprint density at radius 1 is 1.38 bits per heavy atom. The molecule has 2 heterocycles. The Bertz CT molecular complexity index is 561. The third kappa shape index (κ3) is 5.19. The van der Waals surface area contributed by atoms with Crippen LogP contribution in [0.25, 0.3) is 0 Å². The zero-order chi connectivity index (χ0) is 17.5. The molecule has 1 aromatic heterocycles. The normalized spacial score (nSPS) is 21.7. The fourth-order valence-electron chi connectivity index (χ4n) is 3.19. The number of nitrogens with one attached hydrogen (secondary N) is 2. The van der Waals surface area contributed by atoms with E-state index in [4.69, 9.17) is 0 Å². The van der Waals surface area contributed by atoms with Crippen LogP contribution in [0.5, 0.6) is 0 Å². The first-order valence-electron chi connectivity index (χ1n) is 8.72. The molecule has 2 rings (SSSR count). The Morgan fingerprint density at radius 3 is 2.67 bits per heavy atom. The van der Waals surface area contributed by atoms with Crippen LogP contribution in [-0.4, -0.2) is 54.5 Å². The lowest BCUT2D eigenvalue weighted by Gasteiger charge is -2.37. The van der Waals surface area contributed by atoms with Gasteiger partial charge in [0, 0.05) is 26.2 Å². The highest BCUT2D eigenvalue weighted by Crippen LogP contribution is 2.20. The number of nitrogens with zero attached hydrogens (tertiary/aromatic N) is 3. The summed E-state index contributed by atoms with van der Waals surface area (Å²) in [6.07, 6.45) is 1.28. The summed E-state index contributed by atoms with van der Waals surface area (Å²) >= 11 is 1.37. The SMILES string of the molecule is CCNC(=NCCNC(=O)c1scnc1C)N1CC(C)CC(C)C1. The zero-order valence-electron chi connectivity index (χ0n) is 15.1. The maximum absolute atomic E-state index is 12.1. The van der Waals surface area contributed by atoms with Crippen LogP contribution in [0, 0.1) is 18.8 Å². The number of rotatable bonds is 5. The maximum atomic E-state index is 12.1. The average molecular weight is 352 g/mol. The van der Waals surface area contributed by atoms with E-state index in [1.54, 1.807) is 5.51 Å². The van der Waals surface area contributed by atoms with E-state index in [-0.39, 0.29) is 5.91 Å². The van der Waals surface area contributed by atoms with E-state index in [0.717, 1.165) is 31.3 Å². The van der Waals surface area contributed by atoms with Gasteiger partial charge in [0.05, 0.1) is 17.7 Å². The summed E-state index contributed by atoms with van der Waals surface area (Å²) < 4.78 is 0. The van der Waals surface area contributed by atoms with Gasteiger partial charge in [-0.1, -0.05) is 13.8 Å². The summed E-state index contributed by atoms with van der Waals surface area (Å²) in [5.41, 5.74) is 2.48. The fourth-order valence-corrected chi connectivity index (χ4v) is 3.91. The Hall–Kier alpha value is -1.63. The predicted octanol–water partition coefficient (Wildman–Crippen LogP) is 2.12. The van der Waals surface area contributed by atoms with E-state index < -0.39 is 0 Å². The summed E-state index contributed by atoms with van der Waals surface area (Å²) in [4.78, 5) is 23.9. The summed E-state index contributed by atoms with van der Waals surface area (Å²) in [6, 6.07) is 0. The number of aromatic nitrogens is 1. The highest BCUT2D eigenvalue weighted by molar-refractivity contribution is 7.11. The molecule has 2 N–H and O–H groups in total. The first-order chi connectivity index (χ1) is 11.5. The molecule has 0 aliphatic carbocycles. The summed E-state index contributed by atoms with van der Waals surface area (Å²) in [6.45, 7) is 12.6. The fraction of sp³-hybridized carbons (Fsp3) is 0.706. The second-order valence-electron chi connectivity index (χ2n) is 6.61. The molecule has 0 spiro atoms. The van der Waals surface area contributed by atoms with Gasteiger partial charge in [-0.25, -0.2) is 4.98 Å². The van der Waals surface area contributed by atoms with Crippen LogP contribution in [0.2, 0.25) is 0 Å². The molecule has 1 aromatic rings. The van der Waals surface area contributed by atoms with Gasteiger partial charge in [-0.3, -0.25) is 9.79 Å². The number of hydrogen-bond acceptors (Lipinski definition) is 4. The van der Waals surface area contributed by atoms with Gasteiger partial charge in [-0.05, 0) is 32.1 Å². The van der Waals surface area contributed by atoms with Gasteiger partial charge in [0.15, 0.2) is 5.96 Å². The van der Waals surface area contributed by atoms with Crippen molar-refractivity contribution in [2.75, 3.05) is 32.7 Å². The standard InChI is InChI=1S/C17H29N5OS/c1-5-18-17(22-9-12(2)8-13(3)10-22)20-7-6-19-16(23)15-14(4)21-11-24-15/h11-13H,5-10H2,1-4H3,(H,18,20)(H,19,23). The molecule has 24 heavy (non-hydrogen) atoms. The minimum atomic E-state index is -0.0598. The molecule has 134 valence electrons. The third-order valence-electron chi connectivity index (χ3n) is 4.11. The molecule has 2 atom stereocenters.